The molecule has 2 unspecified atom stereocenters. The summed E-state index contributed by atoms with van der Waals surface area (Å²) in [7, 11) is 0. The summed E-state index contributed by atoms with van der Waals surface area (Å²) in [4.78, 5) is 23.8. The summed E-state index contributed by atoms with van der Waals surface area (Å²) in [6.07, 6.45) is 7.90. The third kappa shape index (κ3) is 2.97. The lowest BCUT2D eigenvalue weighted by Crippen LogP contribution is -2.62. The van der Waals surface area contributed by atoms with E-state index in [0.717, 1.165) is 50.5 Å². The van der Waals surface area contributed by atoms with E-state index in [1.807, 2.05) is 0 Å². The van der Waals surface area contributed by atoms with Crippen LogP contribution in [0.3, 0.4) is 0 Å². The second-order valence-corrected chi connectivity index (χ2v) is 11.5. The van der Waals surface area contributed by atoms with Gasteiger partial charge in [0, 0.05) is 30.8 Å². The number of rotatable bonds is 2. The first kappa shape index (κ1) is 21.4. The third-order valence-corrected chi connectivity index (χ3v) is 10.2. The summed E-state index contributed by atoms with van der Waals surface area (Å²) < 4.78 is 11.0. The standard InChI is InChI=1S/C25H36O6/c1-14(26)31-20-12-25(29)19-5-4-16-11-17(27)6-8-23(16,2)18(19)7-9-24(25,3)22(20)15-10-21(28)30-13-15/h10,16-20,22,27,29H,4-9,11-13H2,1-3H3/t16-,17-,18?,19?,20+,22+,23+,24-,25+/m1/s1. The molecule has 9 atom stereocenters. The van der Waals surface area contributed by atoms with Crippen molar-refractivity contribution in [3.8, 4) is 0 Å². The molecule has 0 aromatic carbocycles. The molecule has 2 N–H and O–H groups in total. The van der Waals surface area contributed by atoms with Crippen LogP contribution in [-0.4, -0.2) is 46.6 Å². The fraction of sp³-hybridized carbons (Fsp3) is 0.840. The Balaban J connectivity index is 1.52. The van der Waals surface area contributed by atoms with Gasteiger partial charge in [-0.05, 0) is 73.7 Å². The minimum Gasteiger partial charge on any atom is -0.462 e. The average molecular weight is 433 g/mol. The highest BCUT2D eigenvalue weighted by Gasteiger charge is 2.70. The molecule has 1 heterocycles. The van der Waals surface area contributed by atoms with Crippen molar-refractivity contribution in [2.75, 3.05) is 6.61 Å². The van der Waals surface area contributed by atoms with Crippen molar-refractivity contribution in [3.05, 3.63) is 11.6 Å². The van der Waals surface area contributed by atoms with Crippen LogP contribution in [0.5, 0.6) is 0 Å². The molecule has 4 saturated carbocycles. The lowest BCUT2D eigenvalue weighted by Gasteiger charge is -2.63. The molecule has 4 fully saturated rings. The fourth-order valence-electron chi connectivity index (χ4n) is 8.76. The second kappa shape index (κ2) is 7.05. The van der Waals surface area contributed by atoms with Crippen molar-refractivity contribution in [1.29, 1.82) is 0 Å². The average Bonchev–Trinajstić information content (AvgIpc) is 3.19. The summed E-state index contributed by atoms with van der Waals surface area (Å²) in [5.41, 5.74) is -0.420. The van der Waals surface area contributed by atoms with Gasteiger partial charge in [-0.3, -0.25) is 4.79 Å². The fourth-order valence-corrected chi connectivity index (χ4v) is 8.76. The highest BCUT2D eigenvalue weighted by atomic mass is 16.5. The molecule has 31 heavy (non-hydrogen) atoms. The topological polar surface area (TPSA) is 93.1 Å². The van der Waals surface area contributed by atoms with Gasteiger partial charge in [-0.1, -0.05) is 13.8 Å². The monoisotopic (exact) mass is 432 g/mol. The Bertz CT molecular complexity index is 821. The summed E-state index contributed by atoms with van der Waals surface area (Å²) in [5, 5.41) is 22.7. The van der Waals surface area contributed by atoms with E-state index in [-0.39, 0.29) is 41.9 Å². The van der Waals surface area contributed by atoms with Gasteiger partial charge in [-0.15, -0.1) is 0 Å². The maximum Gasteiger partial charge on any atom is 0.331 e. The number of aliphatic hydroxyl groups is 2. The predicted octanol–water partition coefficient (Wildman–Crippen LogP) is 3.15. The van der Waals surface area contributed by atoms with E-state index in [2.05, 4.69) is 13.8 Å². The van der Waals surface area contributed by atoms with Crippen LogP contribution >= 0.6 is 0 Å². The zero-order valence-electron chi connectivity index (χ0n) is 18.9. The Labute approximate surface area is 184 Å². The van der Waals surface area contributed by atoms with E-state index in [9.17, 15) is 19.8 Å². The van der Waals surface area contributed by atoms with Crippen molar-refractivity contribution in [2.45, 2.75) is 89.9 Å². The molecule has 1 aliphatic heterocycles. The van der Waals surface area contributed by atoms with Gasteiger partial charge >= 0.3 is 11.9 Å². The molecule has 0 spiro atoms. The smallest absolute Gasteiger partial charge is 0.331 e. The van der Waals surface area contributed by atoms with Crippen molar-refractivity contribution < 1.29 is 29.3 Å². The molecule has 4 aliphatic carbocycles. The van der Waals surface area contributed by atoms with Gasteiger partial charge in [0.25, 0.3) is 0 Å². The molecule has 6 heteroatoms. The van der Waals surface area contributed by atoms with Crippen LogP contribution in [0.15, 0.2) is 11.6 Å². The zero-order chi connectivity index (χ0) is 22.2. The van der Waals surface area contributed by atoms with Crippen molar-refractivity contribution in [3.63, 3.8) is 0 Å². The molecule has 5 rings (SSSR count). The van der Waals surface area contributed by atoms with E-state index in [0.29, 0.717) is 18.3 Å². The van der Waals surface area contributed by atoms with Gasteiger partial charge in [-0.2, -0.15) is 0 Å². The van der Waals surface area contributed by atoms with E-state index >= 15 is 0 Å². The van der Waals surface area contributed by atoms with Crippen molar-refractivity contribution >= 4 is 11.9 Å². The molecule has 0 radical (unpaired) electrons. The second-order valence-electron chi connectivity index (χ2n) is 11.5. The van der Waals surface area contributed by atoms with Crippen LogP contribution in [0, 0.1) is 34.5 Å². The van der Waals surface area contributed by atoms with Crippen LogP contribution in [-0.2, 0) is 19.1 Å². The van der Waals surface area contributed by atoms with E-state index in [1.165, 1.54) is 6.92 Å². The first-order valence-electron chi connectivity index (χ1n) is 12.0. The Kier molecular flexibility index (Phi) is 4.88. The maximum atomic E-state index is 12.4. The van der Waals surface area contributed by atoms with E-state index in [4.69, 9.17) is 9.47 Å². The molecule has 0 amide bonds. The van der Waals surface area contributed by atoms with Crippen LogP contribution < -0.4 is 0 Å². The molecular formula is C25H36O6. The SMILES string of the molecule is CC(=O)O[C@H]1C[C@]2(O)C3CC[C@@H]4C[C@H](O)CC[C@]4(C)C3CC[C@]2(C)[C@H]1C1=CC(=O)OC1. The minimum atomic E-state index is -0.947. The number of aliphatic hydroxyl groups excluding tert-OH is 1. The highest BCUT2D eigenvalue weighted by Crippen LogP contribution is 2.70. The lowest BCUT2D eigenvalue weighted by atomic mass is 9.43. The summed E-state index contributed by atoms with van der Waals surface area (Å²) in [6.45, 7) is 6.16. The molecule has 0 aromatic rings. The Morgan fingerprint density at radius 1 is 1.16 bits per heavy atom. The molecule has 6 nitrogen and oxygen atoms in total. The minimum absolute atomic E-state index is 0.139. The normalized spacial score (nSPS) is 51.3. The Morgan fingerprint density at radius 3 is 2.61 bits per heavy atom. The largest absolute Gasteiger partial charge is 0.462 e. The predicted molar refractivity (Wildman–Crippen MR) is 113 cm³/mol. The summed E-state index contributed by atoms with van der Waals surface area (Å²) in [5.74, 6) is 0.162. The summed E-state index contributed by atoms with van der Waals surface area (Å²) >= 11 is 0. The van der Waals surface area contributed by atoms with E-state index in [1.54, 1.807) is 6.08 Å². The number of fused-ring (bicyclic) bond motifs is 5. The van der Waals surface area contributed by atoms with Crippen LogP contribution in [0.1, 0.15) is 72.1 Å². The van der Waals surface area contributed by atoms with Crippen LogP contribution in [0.2, 0.25) is 0 Å². The third-order valence-electron chi connectivity index (χ3n) is 10.2. The molecule has 5 aliphatic rings. The zero-order valence-corrected chi connectivity index (χ0v) is 18.9. The summed E-state index contributed by atoms with van der Waals surface area (Å²) in [6, 6.07) is 0. The maximum absolute atomic E-state index is 12.4. The van der Waals surface area contributed by atoms with Gasteiger partial charge < -0.3 is 19.7 Å². The molecule has 0 bridgehead atoms. The van der Waals surface area contributed by atoms with E-state index < -0.39 is 17.1 Å². The van der Waals surface area contributed by atoms with Gasteiger partial charge in [0.1, 0.15) is 12.7 Å². The quantitative estimate of drug-likeness (QED) is 0.651. The first-order valence-corrected chi connectivity index (χ1v) is 12.0. The number of esters is 2. The number of cyclic esters (lactones) is 1. The van der Waals surface area contributed by atoms with Gasteiger partial charge in [0.2, 0.25) is 0 Å². The Hall–Kier alpha value is -1.40. The van der Waals surface area contributed by atoms with Gasteiger partial charge in [0.05, 0.1) is 11.7 Å². The molecule has 0 aromatic heterocycles. The molecule has 172 valence electrons. The molecule has 0 saturated heterocycles. The number of hydrogen-bond acceptors (Lipinski definition) is 6. The first-order chi connectivity index (χ1) is 14.6. The lowest BCUT2D eigenvalue weighted by molar-refractivity contribution is -0.208. The van der Waals surface area contributed by atoms with Gasteiger partial charge in [0.15, 0.2) is 0 Å². The van der Waals surface area contributed by atoms with Crippen LogP contribution in [0.4, 0.5) is 0 Å². The molecular weight excluding hydrogens is 396 g/mol. The van der Waals surface area contributed by atoms with Gasteiger partial charge in [-0.25, -0.2) is 4.79 Å². The highest BCUT2D eigenvalue weighted by molar-refractivity contribution is 5.85. The van der Waals surface area contributed by atoms with Crippen molar-refractivity contribution in [2.24, 2.45) is 34.5 Å². The Morgan fingerprint density at radius 2 is 1.94 bits per heavy atom. The number of hydrogen-bond donors (Lipinski definition) is 2. The number of carbonyl (C=O) groups excluding carboxylic acids is 2. The van der Waals surface area contributed by atoms with Crippen LogP contribution in [0.25, 0.3) is 0 Å². The number of carbonyl (C=O) groups is 2. The number of ether oxygens (including phenoxy) is 2. The van der Waals surface area contributed by atoms with Crippen molar-refractivity contribution in [1.82, 2.24) is 0 Å².